The lowest BCUT2D eigenvalue weighted by molar-refractivity contribution is -0.113. The molecule has 3 aromatic rings. The molecule has 0 unspecified atom stereocenters. The Bertz CT molecular complexity index is 939. The van der Waals surface area contributed by atoms with Crippen molar-refractivity contribution in [2.24, 2.45) is 5.10 Å². The van der Waals surface area contributed by atoms with E-state index in [0.717, 1.165) is 28.6 Å². The van der Waals surface area contributed by atoms with Gasteiger partial charge in [-0.3, -0.25) is 4.79 Å². The van der Waals surface area contributed by atoms with Crippen LogP contribution in [0.1, 0.15) is 5.76 Å². The van der Waals surface area contributed by atoms with Crippen LogP contribution in [0, 0.1) is 11.6 Å². The van der Waals surface area contributed by atoms with Crippen LogP contribution in [0.4, 0.5) is 20.4 Å². The first kappa shape index (κ1) is 18.4. The molecule has 2 heterocycles. The molecule has 0 atom stereocenters. The average Bonchev–Trinajstić information content (AvgIpc) is 3.27. The van der Waals surface area contributed by atoms with Crippen molar-refractivity contribution < 1.29 is 18.0 Å². The number of nitrogens with two attached hydrogens (primary N) is 1. The minimum Gasteiger partial charge on any atom is -0.463 e. The van der Waals surface area contributed by atoms with Gasteiger partial charge in [0.05, 0.1) is 18.2 Å². The molecule has 2 aromatic heterocycles. The van der Waals surface area contributed by atoms with Crippen LogP contribution in [0.3, 0.4) is 0 Å². The monoisotopic (exact) mass is 393 g/mol. The summed E-state index contributed by atoms with van der Waals surface area (Å²) in [5, 5.41) is 13.8. The normalized spacial score (nSPS) is 11.0. The van der Waals surface area contributed by atoms with Gasteiger partial charge in [0.2, 0.25) is 11.1 Å². The molecule has 0 aliphatic carbocycles. The second kappa shape index (κ2) is 8.31. The van der Waals surface area contributed by atoms with E-state index in [2.05, 4.69) is 26.0 Å². The smallest absolute Gasteiger partial charge is 0.264 e. The zero-order chi connectivity index (χ0) is 19.2. The molecular formula is C15H13F2N7O2S. The standard InChI is InChI=1S/C15H13F2N7O2S/c16-10-4-1-5-11(17)13(10)20-12(25)8-27-15-23-22-14(24(15)18)21-19-7-9-3-2-6-26-9/h1-7H,8,18H2,(H,20,25)(H,21,22)/b19-7+. The highest BCUT2D eigenvalue weighted by Crippen LogP contribution is 2.20. The molecule has 1 amide bonds. The molecule has 1 aromatic carbocycles. The lowest BCUT2D eigenvalue weighted by Gasteiger charge is -2.07. The van der Waals surface area contributed by atoms with Gasteiger partial charge in [-0.05, 0) is 24.3 Å². The number of hydrazone groups is 1. The van der Waals surface area contributed by atoms with Crippen molar-refractivity contribution in [1.29, 1.82) is 0 Å². The second-order valence-electron chi connectivity index (χ2n) is 5.00. The van der Waals surface area contributed by atoms with E-state index in [1.807, 2.05) is 0 Å². The van der Waals surface area contributed by atoms with Gasteiger partial charge >= 0.3 is 0 Å². The molecule has 3 rings (SSSR count). The van der Waals surface area contributed by atoms with Gasteiger partial charge in [0.1, 0.15) is 23.1 Å². The molecule has 0 radical (unpaired) electrons. The highest BCUT2D eigenvalue weighted by molar-refractivity contribution is 7.99. The number of aromatic nitrogens is 3. The molecule has 0 bridgehead atoms. The van der Waals surface area contributed by atoms with Crippen molar-refractivity contribution >= 4 is 35.5 Å². The van der Waals surface area contributed by atoms with E-state index in [-0.39, 0.29) is 16.9 Å². The third-order valence-corrected chi connectivity index (χ3v) is 4.07. The maximum Gasteiger partial charge on any atom is 0.264 e. The summed E-state index contributed by atoms with van der Waals surface area (Å²) < 4.78 is 33.2. The average molecular weight is 393 g/mol. The fourth-order valence-electron chi connectivity index (χ4n) is 1.89. The van der Waals surface area contributed by atoms with Crippen LogP contribution >= 0.6 is 11.8 Å². The number of hydrogen-bond donors (Lipinski definition) is 3. The van der Waals surface area contributed by atoms with E-state index < -0.39 is 23.2 Å². The van der Waals surface area contributed by atoms with Gasteiger partial charge in [-0.15, -0.1) is 10.2 Å². The number of thioether (sulfide) groups is 1. The van der Waals surface area contributed by atoms with Crippen LogP contribution < -0.4 is 16.6 Å². The van der Waals surface area contributed by atoms with Crippen molar-refractivity contribution in [3.05, 3.63) is 54.0 Å². The molecule has 9 nitrogen and oxygen atoms in total. The van der Waals surface area contributed by atoms with Crippen LogP contribution in [0.15, 0.2) is 51.3 Å². The summed E-state index contributed by atoms with van der Waals surface area (Å²) in [5.41, 5.74) is 2.07. The number of nitrogens with one attached hydrogen (secondary N) is 2. The van der Waals surface area contributed by atoms with E-state index in [1.165, 1.54) is 18.5 Å². The van der Waals surface area contributed by atoms with Crippen molar-refractivity contribution in [3.8, 4) is 0 Å². The number of carbonyl (C=O) groups excluding carboxylic acids is 1. The number of halogens is 2. The van der Waals surface area contributed by atoms with Gasteiger partial charge in [0.25, 0.3) is 5.95 Å². The highest BCUT2D eigenvalue weighted by Gasteiger charge is 2.15. The van der Waals surface area contributed by atoms with E-state index in [1.54, 1.807) is 12.1 Å². The summed E-state index contributed by atoms with van der Waals surface area (Å²) in [4.78, 5) is 11.9. The number of nitrogens with zero attached hydrogens (tertiary/aromatic N) is 4. The highest BCUT2D eigenvalue weighted by atomic mass is 32.2. The molecule has 0 saturated carbocycles. The number of nitrogen functional groups attached to an aromatic ring is 1. The first-order valence-corrected chi connectivity index (χ1v) is 8.43. The van der Waals surface area contributed by atoms with E-state index in [9.17, 15) is 13.6 Å². The molecule has 0 spiro atoms. The summed E-state index contributed by atoms with van der Waals surface area (Å²) >= 11 is 0.935. The van der Waals surface area contributed by atoms with Crippen molar-refractivity contribution in [1.82, 2.24) is 14.9 Å². The van der Waals surface area contributed by atoms with Crippen LogP contribution in [0.5, 0.6) is 0 Å². The number of hydrogen-bond acceptors (Lipinski definition) is 8. The number of anilines is 2. The molecule has 0 aliphatic heterocycles. The molecule has 12 heteroatoms. The Morgan fingerprint density at radius 1 is 1.30 bits per heavy atom. The molecular weight excluding hydrogens is 380 g/mol. The molecule has 0 saturated heterocycles. The minimum atomic E-state index is -0.865. The van der Waals surface area contributed by atoms with E-state index >= 15 is 0 Å². The Morgan fingerprint density at radius 2 is 2.07 bits per heavy atom. The largest absolute Gasteiger partial charge is 0.463 e. The predicted molar refractivity (Wildman–Crippen MR) is 95.8 cm³/mol. The number of benzene rings is 1. The lowest BCUT2D eigenvalue weighted by Crippen LogP contribution is -2.18. The summed E-state index contributed by atoms with van der Waals surface area (Å²) in [6.45, 7) is 0. The molecule has 27 heavy (non-hydrogen) atoms. The SMILES string of the molecule is Nn1c(N/N=C/c2ccco2)nnc1SCC(=O)Nc1c(F)cccc1F. The van der Waals surface area contributed by atoms with Gasteiger partial charge in [0, 0.05) is 0 Å². The quantitative estimate of drug-likeness (QED) is 0.243. The van der Waals surface area contributed by atoms with Crippen LogP contribution in [-0.4, -0.2) is 32.7 Å². The Balaban J connectivity index is 1.55. The number of furan rings is 1. The molecule has 0 fully saturated rings. The summed E-state index contributed by atoms with van der Waals surface area (Å²) in [7, 11) is 0. The Labute approximate surface area is 155 Å². The summed E-state index contributed by atoms with van der Waals surface area (Å²) in [5.74, 6) is 3.92. The first-order valence-electron chi connectivity index (χ1n) is 7.44. The summed E-state index contributed by atoms with van der Waals surface area (Å²) in [6.07, 6.45) is 2.91. The van der Waals surface area contributed by atoms with Crippen LogP contribution in [-0.2, 0) is 4.79 Å². The fourth-order valence-corrected chi connectivity index (χ4v) is 2.55. The van der Waals surface area contributed by atoms with Gasteiger partial charge in [0.15, 0.2) is 0 Å². The summed E-state index contributed by atoms with van der Waals surface area (Å²) in [6, 6.07) is 6.71. The van der Waals surface area contributed by atoms with Gasteiger partial charge in [-0.25, -0.2) is 18.9 Å². The third-order valence-electron chi connectivity index (χ3n) is 3.12. The van der Waals surface area contributed by atoms with Crippen LogP contribution in [0.2, 0.25) is 0 Å². The fraction of sp³-hybridized carbons (Fsp3) is 0.0667. The minimum absolute atomic E-state index is 0.126. The Hall–Kier alpha value is -3.41. The van der Waals surface area contributed by atoms with Gasteiger partial charge in [-0.2, -0.15) is 5.10 Å². The Morgan fingerprint density at radius 3 is 2.78 bits per heavy atom. The van der Waals surface area contributed by atoms with E-state index in [0.29, 0.717) is 5.76 Å². The van der Waals surface area contributed by atoms with Gasteiger partial charge < -0.3 is 15.6 Å². The van der Waals surface area contributed by atoms with Crippen molar-refractivity contribution in [2.45, 2.75) is 5.16 Å². The predicted octanol–water partition coefficient (Wildman–Crippen LogP) is 2.04. The van der Waals surface area contributed by atoms with E-state index in [4.69, 9.17) is 10.3 Å². The first-order chi connectivity index (χ1) is 13.0. The maximum atomic E-state index is 13.5. The number of amides is 1. The van der Waals surface area contributed by atoms with Crippen molar-refractivity contribution in [3.63, 3.8) is 0 Å². The maximum absolute atomic E-state index is 13.5. The second-order valence-corrected chi connectivity index (χ2v) is 5.94. The molecule has 140 valence electrons. The number of rotatable bonds is 7. The third kappa shape index (κ3) is 4.61. The lowest BCUT2D eigenvalue weighted by atomic mass is 10.3. The zero-order valence-electron chi connectivity index (χ0n) is 13.6. The molecule has 4 N–H and O–H groups in total. The zero-order valence-corrected chi connectivity index (χ0v) is 14.4. The number of carbonyl (C=O) groups is 1. The molecule has 0 aliphatic rings. The van der Waals surface area contributed by atoms with Gasteiger partial charge in [-0.1, -0.05) is 17.8 Å². The Kier molecular flexibility index (Phi) is 5.66. The number of para-hydroxylation sites is 1. The van der Waals surface area contributed by atoms with Crippen LogP contribution in [0.25, 0.3) is 0 Å². The topological polar surface area (TPSA) is 123 Å². The van der Waals surface area contributed by atoms with Crippen molar-refractivity contribution in [2.75, 3.05) is 22.3 Å².